The molecule has 22 heavy (non-hydrogen) atoms. The molecule has 0 aromatic heterocycles. The standard InChI is InChI=1S/C14H16INO5S/c1-16(12-5-6-22(19,20)9-12)13(17)8-21-14(18)10-3-2-4-11(15)7-10/h2-4,7,12H,5-6,8-9H2,1H3. The molecule has 1 aromatic rings. The zero-order valence-electron chi connectivity index (χ0n) is 12.0. The molecule has 1 fully saturated rings. The number of hydrogen-bond donors (Lipinski definition) is 0. The van der Waals surface area contributed by atoms with E-state index in [-0.39, 0.29) is 17.5 Å². The molecule has 8 heteroatoms. The Balaban J connectivity index is 1.88. The number of hydrogen-bond acceptors (Lipinski definition) is 5. The van der Waals surface area contributed by atoms with E-state index in [4.69, 9.17) is 4.74 Å². The third-order valence-electron chi connectivity index (χ3n) is 3.54. The second-order valence-corrected chi connectivity index (χ2v) is 8.62. The van der Waals surface area contributed by atoms with Crippen LogP contribution in [0.3, 0.4) is 0 Å². The molecule has 2 rings (SSSR count). The van der Waals surface area contributed by atoms with Crippen LogP contribution in [0.2, 0.25) is 0 Å². The van der Waals surface area contributed by atoms with Crippen LogP contribution in [0.4, 0.5) is 0 Å². The van der Waals surface area contributed by atoms with Crippen molar-refractivity contribution in [3.63, 3.8) is 0 Å². The molecule has 1 aliphatic rings. The first-order chi connectivity index (χ1) is 10.3. The molecular weight excluding hydrogens is 421 g/mol. The minimum absolute atomic E-state index is 0.0277. The molecule has 0 radical (unpaired) electrons. The first-order valence-electron chi connectivity index (χ1n) is 6.67. The highest BCUT2D eigenvalue weighted by Gasteiger charge is 2.32. The van der Waals surface area contributed by atoms with Crippen LogP contribution in [0.5, 0.6) is 0 Å². The predicted molar refractivity (Wildman–Crippen MR) is 89.3 cm³/mol. The Kier molecular flexibility index (Phi) is 5.43. The van der Waals surface area contributed by atoms with Crippen LogP contribution in [0.25, 0.3) is 0 Å². The fourth-order valence-corrected chi connectivity index (χ4v) is 4.53. The molecule has 120 valence electrons. The van der Waals surface area contributed by atoms with Crippen LogP contribution in [0.15, 0.2) is 24.3 Å². The minimum atomic E-state index is -3.06. The largest absolute Gasteiger partial charge is 0.452 e. The SMILES string of the molecule is CN(C(=O)COC(=O)c1cccc(I)c1)C1CCS(=O)(=O)C1. The fourth-order valence-electron chi connectivity index (χ4n) is 2.21. The van der Waals surface area contributed by atoms with Gasteiger partial charge in [0, 0.05) is 16.7 Å². The van der Waals surface area contributed by atoms with Gasteiger partial charge in [0.15, 0.2) is 16.4 Å². The predicted octanol–water partition coefficient (Wildman–Crippen LogP) is 1.09. The van der Waals surface area contributed by atoms with E-state index in [0.717, 1.165) is 3.57 Å². The molecule has 1 saturated heterocycles. The third-order valence-corrected chi connectivity index (χ3v) is 5.96. The smallest absolute Gasteiger partial charge is 0.338 e. The highest BCUT2D eigenvalue weighted by atomic mass is 127. The van der Waals surface area contributed by atoms with E-state index in [0.29, 0.717) is 12.0 Å². The summed E-state index contributed by atoms with van der Waals surface area (Å²) in [5.41, 5.74) is 0.380. The van der Waals surface area contributed by atoms with Gasteiger partial charge in [-0.25, -0.2) is 13.2 Å². The topological polar surface area (TPSA) is 80.8 Å². The van der Waals surface area contributed by atoms with E-state index < -0.39 is 28.3 Å². The summed E-state index contributed by atoms with van der Waals surface area (Å²) in [5.74, 6) is -0.905. The number of ether oxygens (including phenoxy) is 1. The van der Waals surface area contributed by atoms with Crippen LogP contribution in [0, 0.1) is 3.57 Å². The van der Waals surface area contributed by atoms with Gasteiger partial charge in [-0.2, -0.15) is 0 Å². The third kappa shape index (κ3) is 4.42. The second kappa shape index (κ2) is 6.95. The summed E-state index contributed by atoms with van der Waals surface area (Å²) in [5, 5.41) is 0. The van der Waals surface area contributed by atoms with Crippen LogP contribution >= 0.6 is 22.6 Å². The summed E-state index contributed by atoms with van der Waals surface area (Å²) < 4.78 is 28.7. The van der Waals surface area contributed by atoms with Gasteiger partial charge >= 0.3 is 5.97 Å². The average Bonchev–Trinajstić information content (AvgIpc) is 2.83. The van der Waals surface area contributed by atoms with Crippen LogP contribution in [-0.2, 0) is 19.4 Å². The number of rotatable bonds is 4. The lowest BCUT2D eigenvalue weighted by Gasteiger charge is -2.23. The van der Waals surface area contributed by atoms with E-state index in [9.17, 15) is 18.0 Å². The Morgan fingerprint density at radius 3 is 2.73 bits per heavy atom. The molecule has 1 aliphatic heterocycles. The van der Waals surface area contributed by atoms with Gasteiger partial charge in [-0.15, -0.1) is 0 Å². The number of halogens is 1. The number of likely N-dealkylation sites (N-methyl/N-ethyl adjacent to an activating group) is 1. The van der Waals surface area contributed by atoms with Gasteiger partial charge in [0.1, 0.15) is 0 Å². The van der Waals surface area contributed by atoms with E-state index in [1.165, 1.54) is 11.9 Å². The van der Waals surface area contributed by atoms with Gasteiger partial charge < -0.3 is 9.64 Å². The first kappa shape index (κ1) is 17.2. The maximum Gasteiger partial charge on any atom is 0.338 e. The van der Waals surface area contributed by atoms with Crippen molar-refractivity contribution in [2.75, 3.05) is 25.2 Å². The average molecular weight is 437 g/mol. The van der Waals surface area contributed by atoms with E-state index in [2.05, 4.69) is 22.6 Å². The van der Waals surface area contributed by atoms with Crippen molar-refractivity contribution in [3.05, 3.63) is 33.4 Å². The zero-order chi connectivity index (χ0) is 16.3. The van der Waals surface area contributed by atoms with Gasteiger partial charge in [0.25, 0.3) is 5.91 Å². The Morgan fingerprint density at radius 1 is 1.41 bits per heavy atom. The minimum Gasteiger partial charge on any atom is -0.452 e. The van der Waals surface area contributed by atoms with Crippen molar-refractivity contribution in [1.29, 1.82) is 0 Å². The molecule has 0 saturated carbocycles. The molecule has 6 nitrogen and oxygen atoms in total. The number of sulfone groups is 1. The van der Waals surface area contributed by atoms with Gasteiger partial charge in [-0.3, -0.25) is 4.79 Å². The van der Waals surface area contributed by atoms with Gasteiger partial charge in [-0.1, -0.05) is 6.07 Å². The highest BCUT2D eigenvalue weighted by molar-refractivity contribution is 14.1. The summed E-state index contributed by atoms with van der Waals surface area (Å²) in [6.45, 7) is -0.392. The number of carbonyl (C=O) groups is 2. The molecule has 1 unspecified atom stereocenters. The quantitative estimate of drug-likeness (QED) is 0.521. The van der Waals surface area contributed by atoms with Crippen molar-refractivity contribution in [1.82, 2.24) is 4.90 Å². The first-order valence-corrected chi connectivity index (χ1v) is 9.57. The van der Waals surface area contributed by atoms with E-state index in [1.807, 2.05) is 6.07 Å². The maximum atomic E-state index is 12.0. The molecular formula is C14H16INO5S. The summed E-state index contributed by atoms with van der Waals surface area (Å²) in [6, 6.07) is 6.52. The van der Waals surface area contributed by atoms with Gasteiger partial charge in [0.05, 0.1) is 17.1 Å². The number of nitrogens with zero attached hydrogens (tertiary/aromatic N) is 1. The zero-order valence-corrected chi connectivity index (χ0v) is 15.0. The Bertz CT molecular complexity index is 688. The van der Waals surface area contributed by atoms with Gasteiger partial charge in [0.2, 0.25) is 0 Å². The summed E-state index contributed by atoms with van der Waals surface area (Å²) >= 11 is 2.08. The van der Waals surface area contributed by atoms with Crippen molar-refractivity contribution in [2.45, 2.75) is 12.5 Å². The van der Waals surface area contributed by atoms with Crippen molar-refractivity contribution < 1.29 is 22.7 Å². The van der Waals surface area contributed by atoms with E-state index >= 15 is 0 Å². The second-order valence-electron chi connectivity index (χ2n) is 5.15. The number of amides is 1. The molecule has 0 aliphatic carbocycles. The van der Waals surface area contributed by atoms with Crippen LogP contribution in [-0.4, -0.2) is 56.4 Å². The maximum absolute atomic E-state index is 12.0. The number of esters is 1. The van der Waals surface area contributed by atoms with Crippen molar-refractivity contribution >= 4 is 44.3 Å². The summed E-state index contributed by atoms with van der Waals surface area (Å²) in [6.07, 6.45) is 0.426. The Labute approximate surface area is 142 Å². The van der Waals surface area contributed by atoms with E-state index in [1.54, 1.807) is 18.2 Å². The lowest BCUT2D eigenvalue weighted by atomic mass is 10.2. The van der Waals surface area contributed by atoms with Gasteiger partial charge in [-0.05, 0) is 47.2 Å². The Morgan fingerprint density at radius 2 is 2.14 bits per heavy atom. The summed E-state index contributed by atoms with van der Waals surface area (Å²) in [4.78, 5) is 25.2. The van der Waals surface area contributed by atoms with Crippen LogP contribution < -0.4 is 0 Å². The lowest BCUT2D eigenvalue weighted by molar-refractivity contribution is -0.134. The van der Waals surface area contributed by atoms with Crippen molar-refractivity contribution in [2.24, 2.45) is 0 Å². The number of benzene rings is 1. The van der Waals surface area contributed by atoms with Crippen molar-refractivity contribution in [3.8, 4) is 0 Å². The lowest BCUT2D eigenvalue weighted by Crippen LogP contribution is -2.40. The highest BCUT2D eigenvalue weighted by Crippen LogP contribution is 2.16. The summed E-state index contributed by atoms with van der Waals surface area (Å²) in [7, 11) is -1.52. The number of carbonyl (C=O) groups excluding carboxylic acids is 2. The fraction of sp³-hybridized carbons (Fsp3) is 0.429. The molecule has 0 N–H and O–H groups in total. The molecule has 0 bridgehead atoms. The molecule has 1 amide bonds. The monoisotopic (exact) mass is 437 g/mol. The molecule has 1 heterocycles. The Hall–Kier alpha value is -1.16. The molecule has 1 aromatic carbocycles. The normalized spacial score (nSPS) is 19.6. The molecule has 0 spiro atoms. The molecule has 1 atom stereocenters. The van der Waals surface area contributed by atoms with Crippen LogP contribution in [0.1, 0.15) is 16.8 Å².